The number of carbonyl (C=O) groups excluding carboxylic acids is 1. The number of likely N-dealkylation sites (tertiary alicyclic amines) is 1. The molecule has 150 valence electrons. The maximum absolute atomic E-state index is 13.1. The molecule has 2 atom stereocenters. The van der Waals surface area contributed by atoms with E-state index >= 15 is 0 Å². The Morgan fingerprint density at radius 2 is 1.56 bits per heavy atom. The summed E-state index contributed by atoms with van der Waals surface area (Å²) < 4.78 is 5.77. The summed E-state index contributed by atoms with van der Waals surface area (Å²) in [5.74, 6) is 2.24. The third kappa shape index (κ3) is 3.30. The third-order valence-corrected chi connectivity index (χ3v) is 8.50. The van der Waals surface area contributed by atoms with E-state index in [9.17, 15) is 14.7 Å². The molecule has 0 spiro atoms. The number of hydrogen-bond donors (Lipinski definition) is 1. The third-order valence-electron chi connectivity index (χ3n) is 8.50. The van der Waals surface area contributed by atoms with Crippen molar-refractivity contribution in [1.82, 2.24) is 4.90 Å². The lowest BCUT2D eigenvalue weighted by molar-refractivity contribution is -0.147. The first-order valence-electron chi connectivity index (χ1n) is 11.1. The van der Waals surface area contributed by atoms with E-state index in [1.54, 1.807) is 0 Å². The predicted molar refractivity (Wildman–Crippen MR) is 100 cm³/mol. The maximum atomic E-state index is 13.1. The molecule has 5 heteroatoms. The van der Waals surface area contributed by atoms with Gasteiger partial charge in [0, 0.05) is 26.1 Å². The summed E-state index contributed by atoms with van der Waals surface area (Å²) in [5, 5.41) is 9.40. The molecule has 2 saturated heterocycles. The van der Waals surface area contributed by atoms with Crippen molar-refractivity contribution >= 4 is 11.9 Å². The Hall–Kier alpha value is -1.10. The highest BCUT2D eigenvalue weighted by Crippen LogP contribution is 2.61. The largest absolute Gasteiger partial charge is 0.481 e. The lowest BCUT2D eigenvalue weighted by Crippen LogP contribution is -2.49. The van der Waals surface area contributed by atoms with Crippen LogP contribution >= 0.6 is 0 Å². The molecular formula is C22H33NO4. The van der Waals surface area contributed by atoms with Gasteiger partial charge < -0.3 is 14.7 Å². The van der Waals surface area contributed by atoms with Gasteiger partial charge in [-0.25, -0.2) is 0 Å². The minimum absolute atomic E-state index is 0.150. The van der Waals surface area contributed by atoms with Crippen molar-refractivity contribution in [2.75, 3.05) is 19.7 Å². The van der Waals surface area contributed by atoms with E-state index in [1.807, 2.05) is 0 Å². The average Bonchev–Trinajstić information content (AvgIpc) is 3.10. The van der Waals surface area contributed by atoms with Crippen LogP contribution in [0.1, 0.15) is 64.2 Å². The van der Waals surface area contributed by atoms with E-state index in [0.717, 1.165) is 50.1 Å². The van der Waals surface area contributed by atoms with Crippen LogP contribution in [0.15, 0.2) is 0 Å². The first kappa shape index (κ1) is 18.0. The summed E-state index contributed by atoms with van der Waals surface area (Å²) in [6.07, 6.45) is 11.2. The second-order valence-electron chi connectivity index (χ2n) is 10.4. The number of carboxylic acids is 1. The number of amides is 1. The zero-order chi connectivity index (χ0) is 18.6. The molecule has 27 heavy (non-hydrogen) atoms. The van der Waals surface area contributed by atoms with Gasteiger partial charge in [0.1, 0.15) is 0 Å². The van der Waals surface area contributed by atoms with Crippen LogP contribution in [-0.2, 0) is 14.3 Å². The van der Waals surface area contributed by atoms with Gasteiger partial charge in [-0.2, -0.15) is 0 Å². The predicted octanol–water partition coefficient (Wildman–Crippen LogP) is 3.32. The van der Waals surface area contributed by atoms with E-state index < -0.39 is 5.97 Å². The Kier molecular flexibility index (Phi) is 4.49. The molecule has 4 bridgehead atoms. The Labute approximate surface area is 161 Å². The topological polar surface area (TPSA) is 66.8 Å². The standard InChI is InChI=1S/C22H33NO4/c24-19(13-22-10-14-7-15(11-22)9-16(8-14)12-22)23-4-1-17(2-5-23)20-18(21(25)26)3-6-27-20/h14-18,20H,1-13H2,(H,25,26)/t14?,15?,16?,18?,20-,22?/m0/s1. The van der Waals surface area contributed by atoms with E-state index in [1.165, 1.54) is 38.5 Å². The van der Waals surface area contributed by atoms with Gasteiger partial charge in [-0.15, -0.1) is 0 Å². The van der Waals surface area contributed by atoms with Gasteiger partial charge in [0.25, 0.3) is 0 Å². The number of piperidine rings is 1. The molecule has 6 fully saturated rings. The molecule has 0 aromatic carbocycles. The van der Waals surface area contributed by atoms with Gasteiger partial charge >= 0.3 is 5.97 Å². The molecule has 1 N–H and O–H groups in total. The van der Waals surface area contributed by atoms with Crippen LogP contribution in [0.2, 0.25) is 0 Å². The molecule has 6 aliphatic rings. The minimum Gasteiger partial charge on any atom is -0.481 e. The molecular weight excluding hydrogens is 342 g/mol. The molecule has 4 aliphatic carbocycles. The lowest BCUT2D eigenvalue weighted by atomic mass is 9.49. The second-order valence-corrected chi connectivity index (χ2v) is 10.4. The number of aliphatic carboxylic acids is 1. The van der Waals surface area contributed by atoms with Crippen LogP contribution in [-0.4, -0.2) is 47.7 Å². The highest BCUT2D eigenvalue weighted by Gasteiger charge is 2.52. The highest BCUT2D eigenvalue weighted by molar-refractivity contribution is 5.77. The molecule has 6 rings (SSSR count). The molecule has 1 amide bonds. The first-order valence-corrected chi connectivity index (χ1v) is 11.1. The van der Waals surface area contributed by atoms with Crippen LogP contribution in [0.25, 0.3) is 0 Å². The van der Waals surface area contributed by atoms with Gasteiger partial charge in [-0.1, -0.05) is 0 Å². The second kappa shape index (κ2) is 6.75. The first-order chi connectivity index (χ1) is 13.0. The number of hydrogen-bond acceptors (Lipinski definition) is 3. The summed E-state index contributed by atoms with van der Waals surface area (Å²) in [5.41, 5.74) is 0.311. The van der Waals surface area contributed by atoms with E-state index in [-0.39, 0.29) is 17.9 Å². The van der Waals surface area contributed by atoms with Crippen molar-refractivity contribution < 1.29 is 19.4 Å². The molecule has 0 radical (unpaired) electrons. The maximum Gasteiger partial charge on any atom is 0.309 e. The van der Waals surface area contributed by atoms with Crippen molar-refractivity contribution in [3.63, 3.8) is 0 Å². The zero-order valence-corrected chi connectivity index (χ0v) is 16.3. The fraction of sp³-hybridized carbons (Fsp3) is 0.909. The SMILES string of the molecule is O=C(O)C1CCO[C@H]1C1CCN(C(=O)CC23CC4CC(CC(C4)C2)C3)CC1. The van der Waals surface area contributed by atoms with Gasteiger partial charge in [-0.05, 0) is 86.9 Å². The molecule has 1 unspecified atom stereocenters. The molecule has 0 aromatic heterocycles. The van der Waals surface area contributed by atoms with Gasteiger partial charge in [0.15, 0.2) is 0 Å². The summed E-state index contributed by atoms with van der Waals surface area (Å²) in [6.45, 7) is 2.12. The molecule has 2 aliphatic heterocycles. The number of ether oxygens (including phenoxy) is 1. The minimum atomic E-state index is -0.724. The average molecular weight is 376 g/mol. The fourth-order valence-electron chi connectivity index (χ4n) is 7.76. The van der Waals surface area contributed by atoms with Gasteiger partial charge in [0.2, 0.25) is 5.91 Å². The van der Waals surface area contributed by atoms with E-state index in [0.29, 0.717) is 24.3 Å². The molecule has 2 heterocycles. The van der Waals surface area contributed by atoms with E-state index in [2.05, 4.69) is 4.90 Å². The zero-order valence-electron chi connectivity index (χ0n) is 16.3. The van der Waals surface area contributed by atoms with Crippen LogP contribution in [0.4, 0.5) is 0 Å². The van der Waals surface area contributed by atoms with Gasteiger partial charge in [-0.3, -0.25) is 9.59 Å². The van der Waals surface area contributed by atoms with E-state index in [4.69, 9.17) is 4.74 Å². The number of carbonyl (C=O) groups is 2. The number of nitrogens with zero attached hydrogens (tertiary/aromatic N) is 1. The summed E-state index contributed by atoms with van der Waals surface area (Å²) in [6, 6.07) is 0. The van der Waals surface area contributed by atoms with Crippen molar-refractivity contribution in [3.8, 4) is 0 Å². The Bertz CT molecular complexity index is 574. The smallest absolute Gasteiger partial charge is 0.309 e. The van der Waals surface area contributed by atoms with Crippen molar-refractivity contribution in [1.29, 1.82) is 0 Å². The summed E-state index contributed by atoms with van der Waals surface area (Å²) in [4.78, 5) is 26.6. The van der Waals surface area contributed by atoms with Gasteiger partial charge in [0.05, 0.1) is 12.0 Å². The van der Waals surface area contributed by atoms with Crippen LogP contribution in [0.3, 0.4) is 0 Å². The Balaban J connectivity index is 1.17. The Morgan fingerprint density at radius 1 is 0.963 bits per heavy atom. The van der Waals surface area contributed by atoms with Crippen LogP contribution in [0.5, 0.6) is 0 Å². The quantitative estimate of drug-likeness (QED) is 0.818. The summed E-state index contributed by atoms with van der Waals surface area (Å²) in [7, 11) is 0. The monoisotopic (exact) mass is 375 g/mol. The normalized spacial score (nSPS) is 44.0. The highest BCUT2D eigenvalue weighted by atomic mass is 16.5. The number of carboxylic acid groups (broad SMARTS) is 1. The lowest BCUT2D eigenvalue weighted by Gasteiger charge is -2.57. The van der Waals surface area contributed by atoms with Crippen molar-refractivity contribution in [2.45, 2.75) is 70.3 Å². The van der Waals surface area contributed by atoms with Crippen molar-refractivity contribution in [2.24, 2.45) is 35.0 Å². The van der Waals surface area contributed by atoms with Crippen LogP contribution in [0, 0.1) is 35.0 Å². The van der Waals surface area contributed by atoms with Crippen molar-refractivity contribution in [3.05, 3.63) is 0 Å². The molecule has 5 nitrogen and oxygen atoms in total. The van der Waals surface area contributed by atoms with Crippen LogP contribution < -0.4 is 0 Å². The Morgan fingerprint density at radius 3 is 2.11 bits per heavy atom. The molecule has 0 aromatic rings. The summed E-state index contributed by atoms with van der Waals surface area (Å²) >= 11 is 0. The fourth-order valence-corrected chi connectivity index (χ4v) is 7.76. The molecule has 4 saturated carbocycles. The number of rotatable bonds is 4.